The minimum Gasteiger partial charge on any atom is -0.394 e. The van der Waals surface area contributed by atoms with Gasteiger partial charge in [0, 0.05) is 20.3 Å². The molecule has 0 heterocycles. The predicted octanol–water partition coefficient (Wildman–Crippen LogP) is 2.32. The van der Waals surface area contributed by atoms with Crippen molar-refractivity contribution in [2.75, 3.05) is 26.9 Å². The molecule has 0 bridgehead atoms. The van der Waals surface area contributed by atoms with E-state index < -0.39 is 0 Å². The van der Waals surface area contributed by atoms with E-state index in [-0.39, 0.29) is 5.82 Å². The van der Waals surface area contributed by atoms with Gasteiger partial charge in [0.15, 0.2) is 0 Å². The van der Waals surface area contributed by atoms with Crippen molar-refractivity contribution in [3.63, 3.8) is 0 Å². The summed E-state index contributed by atoms with van der Waals surface area (Å²) >= 11 is 0. The van der Waals surface area contributed by atoms with Crippen molar-refractivity contribution in [3.05, 3.63) is 35.6 Å². The number of unbranched alkanes of at least 4 members (excludes halogenated alkanes) is 1. The highest BCUT2D eigenvalue weighted by Crippen LogP contribution is 2.10. The highest BCUT2D eigenvalue weighted by Gasteiger charge is 2.05. The molecule has 0 atom stereocenters. The molecule has 19 heavy (non-hydrogen) atoms. The van der Waals surface area contributed by atoms with Crippen molar-refractivity contribution in [1.29, 1.82) is 0 Å². The van der Waals surface area contributed by atoms with Gasteiger partial charge in [-0.2, -0.15) is 0 Å². The summed E-state index contributed by atoms with van der Waals surface area (Å²) in [5, 5.41) is 4.08. The first-order valence-electron chi connectivity index (χ1n) is 6.41. The van der Waals surface area contributed by atoms with Gasteiger partial charge in [-0.05, 0) is 37.0 Å². The third-order valence-electron chi connectivity index (χ3n) is 2.57. The fraction of sp³-hybridized carbons (Fsp3) is 0.500. The van der Waals surface area contributed by atoms with Crippen LogP contribution >= 0.6 is 0 Å². The number of methoxy groups -OCH3 is 1. The Labute approximate surface area is 113 Å². The number of nitrogens with zero attached hydrogens (tertiary/aromatic N) is 1. The predicted molar refractivity (Wildman–Crippen MR) is 73.7 cm³/mol. The summed E-state index contributed by atoms with van der Waals surface area (Å²) in [6.07, 6.45) is 2.66. The van der Waals surface area contributed by atoms with Crippen molar-refractivity contribution in [2.45, 2.75) is 19.3 Å². The molecular formula is C14H21FN2O2. The number of hydrogen-bond donors (Lipinski definition) is 1. The van der Waals surface area contributed by atoms with Crippen LogP contribution in [0.4, 0.5) is 4.39 Å². The highest BCUT2D eigenvalue weighted by atomic mass is 19.1. The van der Waals surface area contributed by atoms with Crippen LogP contribution in [0.5, 0.6) is 0 Å². The van der Waals surface area contributed by atoms with E-state index >= 15 is 0 Å². The van der Waals surface area contributed by atoms with Gasteiger partial charge in [-0.15, -0.1) is 0 Å². The molecule has 0 spiro atoms. The van der Waals surface area contributed by atoms with Crippen molar-refractivity contribution < 1.29 is 14.0 Å². The maximum atomic E-state index is 12.9. The van der Waals surface area contributed by atoms with Crippen LogP contribution in [0.3, 0.4) is 0 Å². The van der Waals surface area contributed by atoms with Crippen molar-refractivity contribution in [2.24, 2.45) is 10.9 Å². The molecule has 0 radical (unpaired) electrons. The zero-order valence-corrected chi connectivity index (χ0v) is 11.3. The van der Waals surface area contributed by atoms with Crippen LogP contribution in [0.25, 0.3) is 0 Å². The maximum Gasteiger partial charge on any atom is 0.129 e. The second-order valence-electron chi connectivity index (χ2n) is 4.12. The van der Waals surface area contributed by atoms with Crippen LogP contribution in [0, 0.1) is 5.82 Å². The van der Waals surface area contributed by atoms with Crippen LogP contribution in [-0.2, 0) is 9.57 Å². The molecule has 1 aromatic carbocycles. The molecule has 0 saturated carbocycles. The number of rotatable bonds is 9. The van der Waals surface area contributed by atoms with E-state index in [9.17, 15) is 4.39 Å². The Morgan fingerprint density at radius 3 is 2.58 bits per heavy atom. The van der Waals surface area contributed by atoms with E-state index in [2.05, 4.69) is 5.16 Å². The van der Waals surface area contributed by atoms with Crippen LogP contribution < -0.4 is 5.73 Å². The average molecular weight is 268 g/mol. The Balaban J connectivity index is 2.62. The lowest BCUT2D eigenvalue weighted by Crippen LogP contribution is -2.08. The summed E-state index contributed by atoms with van der Waals surface area (Å²) in [7, 11) is 1.68. The van der Waals surface area contributed by atoms with E-state index in [0.717, 1.165) is 37.1 Å². The van der Waals surface area contributed by atoms with Crippen molar-refractivity contribution in [1.82, 2.24) is 0 Å². The van der Waals surface area contributed by atoms with Gasteiger partial charge >= 0.3 is 0 Å². The maximum absolute atomic E-state index is 12.9. The Kier molecular flexibility index (Phi) is 7.77. The zero-order chi connectivity index (χ0) is 13.9. The van der Waals surface area contributed by atoms with Gasteiger partial charge in [0.25, 0.3) is 0 Å². The van der Waals surface area contributed by atoms with E-state index in [0.29, 0.717) is 13.2 Å². The number of nitrogens with two attached hydrogens (primary N) is 1. The second-order valence-corrected chi connectivity index (χ2v) is 4.12. The molecular weight excluding hydrogens is 247 g/mol. The minimum atomic E-state index is -0.259. The molecule has 0 fully saturated rings. The van der Waals surface area contributed by atoms with Crippen molar-refractivity contribution >= 4 is 5.71 Å². The van der Waals surface area contributed by atoms with Gasteiger partial charge in [-0.3, -0.25) is 0 Å². The summed E-state index contributed by atoms with van der Waals surface area (Å²) in [6.45, 7) is 1.52. The minimum absolute atomic E-state index is 0.259. The zero-order valence-electron chi connectivity index (χ0n) is 11.3. The molecule has 5 heteroatoms. The van der Waals surface area contributed by atoms with Gasteiger partial charge in [-0.1, -0.05) is 17.3 Å². The lowest BCUT2D eigenvalue weighted by atomic mass is 10.0. The molecule has 0 aliphatic rings. The Morgan fingerprint density at radius 2 is 1.95 bits per heavy atom. The van der Waals surface area contributed by atoms with Gasteiger partial charge in [-0.25, -0.2) is 4.39 Å². The SMILES string of the molecule is COCCCCC(=NOCCN)c1ccc(F)cc1. The fourth-order valence-electron chi connectivity index (χ4n) is 1.60. The van der Waals surface area contributed by atoms with Crippen LogP contribution in [0.2, 0.25) is 0 Å². The van der Waals surface area contributed by atoms with E-state index in [4.69, 9.17) is 15.3 Å². The highest BCUT2D eigenvalue weighted by molar-refractivity contribution is 6.00. The number of hydrogen-bond acceptors (Lipinski definition) is 4. The van der Waals surface area contributed by atoms with E-state index in [1.54, 1.807) is 19.2 Å². The lowest BCUT2D eigenvalue weighted by molar-refractivity contribution is 0.151. The lowest BCUT2D eigenvalue weighted by Gasteiger charge is -2.07. The molecule has 4 nitrogen and oxygen atoms in total. The second kappa shape index (κ2) is 9.47. The molecule has 0 aliphatic heterocycles. The molecule has 106 valence electrons. The fourth-order valence-corrected chi connectivity index (χ4v) is 1.60. The van der Waals surface area contributed by atoms with Gasteiger partial charge < -0.3 is 15.3 Å². The summed E-state index contributed by atoms with van der Waals surface area (Å²) in [4.78, 5) is 5.12. The molecule has 0 saturated heterocycles. The van der Waals surface area contributed by atoms with Crippen LogP contribution in [-0.4, -0.2) is 32.6 Å². The average Bonchev–Trinajstić information content (AvgIpc) is 2.43. The molecule has 0 aromatic heterocycles. The molecule has 2 N–H and O–H groups in total. The van der Waals surface area contributed by atoms with Crippen LogP contribution in [0.15, 0.2) is 29.4 Å². The topological polar surface area (TPSA) is 56.8 Å². The molecule has 0 amide bonds. The van der Waals surface area contributed by atoms with E-state index in [1.165, 1.54) is 12.1 Å². The van der Waals surface area contributed by atoms with Gasteiger partial charge in [0.2, 0.25) is 0 Å². The number of ether oxygens (including phenoxy) is 1. The van der Waals surface area contributed by atoms with Crippen LogP contribution in [0.1, 0.15) is 24.8 Å². The standard InChI is InChI=1S/C14H21FN2O2/c1-18-10-3-2-4-14(17-19-11-9-16)12-5-7-13(15)8-6-12/h5-8H,2-4,9-11,16H2,1H3. The Hall–Kier alpha value is -1.46. The first-order chi connectivity index (χ1) is 9.27. The van der Waals surface area contributed by atoms with Gasteiger partial charge in [0.1, 0.15) is 12.4 Å². The Morgan fingerprint density at radius 1 is 1.21 bits per heavy atom. The number of benzene rings is 1. The summed E-state index contributed by atoms with van der Waals surface area (Å²) in [6, 6.07) is 6.25. The summed E-state index contributed by atoms with van der Waals surface area (Å²) in [5.74, 6) is -0.259. The normalized spacial score (nSPS) is 11.6. The molecule has 0 aliphatic carbocycles. The monoisotopic (exact) mass is 268 g/mol. The number of oxime groups is 1. The molecule has 1 rings (SSSR count). The largest absolute Gasteiger partial charge is 0.394 e. The quantitative estimate of drug-likeness (QED) is 0.425. The first kappa shape index (κ1) is 15.6. The third-order valence-corrected chi connectivity index (χ3v) is 2.57. The van der Waals surface area contributed by atoms with Gasteiger partial charge in [0.05, 0.1) is 5.71 Å². The van der Waals surface area contributed by atoms with E-state index in [1.807, 2.05) is 0 Å². The first-order valence-corrected chi connectivity index (χ1v) is 6.41. The third kappa shape index (κ3) is 6.31. The summed E-state index contributed by atoms with van der Waals surface area (Å²) < 4.78 is 17.9. The summed E-state index contributed by atoms with van der Waals surface area (Å²) in [5.41, 5.74) is 7.03. The molecule has 0 unspecified atom stereocenters. The molecule has 1 aromatic rings. The smallest absolute Gasteiger partial charge is 0.129 e. The van der Waals surface area contributed by atoms with Crippen molar-refractivity contribution in [3.8, 4) is 0 Å². The number of halogens is 1. The Bertz CT molecular complexity index is 380.